The number of nitrogen functional groups attached to an aromatic ring is 1. The lowest BCUT2D eigenvalue weighted by atomic mass is 10.1. The average Bonchev–Trinajstić information content (AvgIpc) is 3.49. The maximum atomic E-state index is 14.1. The van der Waals surface area contributed by atoms with E-state index in [9.17, 15) is 4.39 Å². The molecular weight excluding hydrogens is 379 g/mol. The van der Waals surface area contributed by atoms with Crippen LogP contribution in [0.4, 0.5) is 4.39 Å². The van der Waals surface area contributed by atoms with E-state index >= 15 is 0 Å². The second-order valence-electron chi connectivity index (χ2n) is 7.00. The van der Waals surface area contributed by atoms with E-state index < -0.39 is 6.29 Å². The SMILES string of the molecule is Nn1c(SCc2cc(F)cc3c2O[C@H](c2ccccc2)OC3)nnc1C1CC1. The summed E-state index contributed by atoms with van der Waals surface area (Å²) in [6.45, 7) is 0.295. The van der Waals surface area contributed by atoms with Crippen LogP contribution in [0.1, 0.15) is 47.6 Å². The van der Waals surface area contributed by atoms with Crippen molar-refractivity contribution in [2.45, 2.75) is 42.6 Å². The number of nitrogens with two attached hydrogens (primary N) is 1. The molecule has 3 aromatic rings. The van der Waals surface area contributed by atoms with E-state index in [1.54, 1.807) is 4.68 Å². The standard InChI is InChI=1S/C20H19FN4O2S/c21-16-8-14-10-26-19(13-4-2-1-3-5-13)27-17(14)15(9-16)11-28-20-24-23-18(25(20)22)12-6-7-12/h1-5,8-9,12,19H,6-7,10-11,22H2/t19-/m1/s1. The van der Waals surface area contributed by atoms with E-state index in [1.165, 1.54) is 23.9 Å². The van der Waals surface area contributed by atoms with E-state index in [0.717, 1.165) is 29.8 Å². The molecule has 2 N–H and O–H groups in total. The van der Waals surface area contributed by atoms with Gasteiger partial charge in [-0.15, -0.1) is 10.2 Å². The number of benzene rings is 2. The van der Waals surface area contributed by atoms with E-state index in [4.69, 9.17) is 15.3 Å². The van der Waals surface area contributed by atoms with E-state index in [-0.39, 0.29) is 5.82 Å². The maximum Gasteiger partial charge on any atom is 0.227 e. The van der Waals surface area contributed by atoms with Gasteiger partial charge in [0, 0.05) is 28.4 Å². The second kappa shape index (κ2) is 7.10. The molecule has 1 saturated carbocycles. The van der Waals surface area contributed by atoms with Crippen LogP contribution in [-0.4, -0.2) is 14.9 Å². The molecule has 2 aliphatic rings. The van der Waals surface area contributed by atoms with Crippen LogP contribution < -0.4 is 10.6 Å². The second-order valence-corrected chi connectivity index (χ2v) is 7.94. The van der Waals surface area contributed by atoms with Crippen LogP contribution in [-0.2, 0) is 17.1 Å². The van der Waals surface area contributed by atoms with Crippen molar-refractivity contribution >= 4 is 11.8 Å². The molecule has 1 aliphatic heterocycles. The molecule has 5 rings (SSSR count). The molecule has 0 bridgehead atoms. The summed E-state index contributed by atoms with van der Waals surface area (Å²) in [7, 11) is 0. The van der Waals surface area contributed by atoms with Gasteiger partial charge in [-0.2, -0.15) is 0 Å². The van der Waals surface area contributed by atoms with Gasteiger partial charge in [-0.3, -0.25) is 0 Å². The molecule has 6 nitrogen and oxygen atoms in total. The van der Waals surface area contributed by atoms with Gasteiger partial charge in [0.2, 0.25) is 11.4 Å². The molecule has 28 heavy (non-hydrogen) atoms. The number of hydrogen-bond donors (Lipinski definition) is 1. The fourth-order valence-electron chi connectivity index (χ4n) is 3.31. The Bertz CT molecular complexity index is 1010. The van der Waals surface area contributed by atoms with Gasteiger partial charge in [0.15, 0.2) is 5.82 Å². The summed E-state index contributed by atoms with van der Waals surface area (Å²) < 4.78 is 27.5. The molecule has 1 aromatic heterocycles. The highest BCUT2D eigenvalue weighted by molar-refractivity contribution is 7.98. The van der Waals surface area contributed by atoms with Crippen LogP contribution in [0.2, 0.25) is 0 Å². The first-order valence-corrected chi connectivity index (χ1v) is 10.2. The molecule has 1 aliphatic carbocycles. The van der Waals surface area contributed by atoms with Crippen LogP contribution in [0.15, 0.2) is 47.6 Å². The van der Waals surface area contributed by atoms with Crippen LogP contribution in [0.3, 0.4) is 0 Å². The Hall–Kier alpha value is -2.58. The lowest BCUT2D eigenvalue weighted by Crippen LogP contribution is -2.19. The summed E-state index contributed by atoms with van der Waals surface area (Å²) in [5.41, 5.74) is 2.38. The van der Waals surface area contributed by atoms with Crippen molar-refractivity contribution in [3.63, 3.8) is 0 Å². The first-order valence-electron chi connectivity index (χ1n) is 9.16. The molecule has 8 heteroatoms. The lowest BCUT2D eigenvalue weighted by Gasteiger charge is -2.28. The molecule has 0 amide bonds. The third-order valence-electron chi connectivity index (χ3n) is 4.88. The minimum absolute atomic E-state index is 0.295. The Kier molecular flexibility index (Phi) is 4.44. The number of aromatic nitrogens is 3. The first kappa shape index (κ1) is 17.5. The van der Waals surface area contributed by atoms with Crippen molar-refractivity contribution in [2.75, 3.05) is 5.84 Å². The van der Waals surface area contributed by atoms with Crippen molar-refractivity contribution in [3.05, 3.63) is 70.8 Å². The van der Waals surface area contributed by atoms with Gasteiger partial charge in [-0.05, 0) is 25.0 Å². The highest BCUT2D eigenvalue weighted by Gasteiger charge is 2.30. The minimum Gasteiger partial charge on any atom is -0.460 e. The van der Waals surface area contributed by atoms with Crippen molar-refractivity contribution in [1.82, 2.24) is 14.9 Å². The predicted octanol–water partition coefficient (Wildman–Crippen LogP) is 3.91. The largest absolute Gasteiger partial charge is 0.460 e. The number of rotatable bonds is 5. The Morgan fingerprint density at radius 1 is 1.18 bits per heavy atom. The van der Waals surface area contributed by atoms with E-state index in [1.807, 2.05) is 30.3 Å². The predicted molar refractivity (Wildman–Crippen MR) is 103 cm³/mol. The van der Waals surface area contributed by atoms with Gasteiger partial charge in [0.05, 0.1) is 6.61 Å². The molecule has 0 saturated heterocycles. The molecular formula is C20H19FN4O2S. The summed E-state index contributed by atoms with van der Waals surface area (Å²) in [6.07, 6.45) is 1.70. The molecule has 144 valence electrons. The van der Waals surface area contributed by atoms with Crippen molar-refractivity contribution < 1.29 is 13.9 Å². The number of thioether (sulfide) groups is 1. The zero-order valence-corrected chi connectivity index (χ0v) is 15.9. The van der Waals surface area contributed by atoms with Gasteiger partial charge in [0.1, 0.15) is 11.6 Å². The Labute approximate surface area is 165 Å². The fourth-order valence-corrected chi connectivity index (χ4v) is 4.14. The van der Waals surface area contributed by atoms with Crippen LogP contribution in [0.25, 0.3) is 0 Å². The van der Waals surface area contributed by atoms with Crippen LogP contribution >= 0.6 is 11.8 Å². The minimum atomic E-state index is -0.512. The molecule has 0 unspecified atom stereocenters. The van der Waals surface area contributed by atoms with Gasteiger partial charge < -0.3 is 15.3 Å². The molecule has 0 spiro atoms. The normalized spacial score (nSPS) is 18.5. The summed E-state index contributed by atoms with van der Waals surface area (Å²) in [5, 5.41) is 8.99. The number of hydrogen-bond acceptors (Lipinski definition) is 6. The molecule has 2 heterocycles. The average molecular weight is 398 g/mol. The molecule has 1 fully saturated rings. The van der Waals surface area contributed by atoms with Gasteiger partial charge >= 0.3 is 0 Å². The monoisotopic (exact) mass is 398 g/mol. The lowest BCUT2D eigenvalue weighted by molar-refractivity contribution is -0.112. The summed E-state index contributed by atoms with van der Waals surface area (Å²) in [4.78, 5) is 0. The summed E-state index contributed by atoms with van der Waals surface area (Å²) >= 11 is 1.42. The molecule has 1 atom stereocenters. The van der Waals surface area contributed by atoms with Gasteiger partial charge in [-0.1, -0.05) is 42.1 Å². The van der Waals surface area contributed by atoms with E-state index in [0.29, 0.717) is 34.7 Å². The Morgan fingerprint density at radius 3 is 2.79 bits per heavy atom. The van der Waals surface area contributed by atoms with Crippen LogP contribution in [0.5, 0.6) is 5.75 Å². The highest BCUT2D eigenvalue weighted by Crippen LogP contribution is 2.41. The third-order valence-corrected chi connectivity index (χ3v) is 5.88. The number of ether oxygens (including phenoxy) is 2. The van der Waals surface area contributed by atoms with Crippen molar-refractivity contribution in [3.8, 4) is 5.75 Å². The maximum absolute atomic E-state index is 14.1. The molecule has 2 aromatic carbocycles. The van der Waals surface area contributed by atoms with Crippen LogP contribution in [0, 0.1) is 5.82 Å². The Balaban J connectivity index is 1.39. The smallest absolute Gasteiger partial charge is 0.227 e. The summed E-state index contributed by atoms with van der Waals surface area (Å²) in [6, 6.07) is 12.7. The van der Waals surface area contributed by atoms with Gasteiger partial charge in [-0.25, -0.2) is 9.07 Å². The number of halogens is 1. The van der Waals surface area contributed by atoms with Crippen molar-refractivity contribution in [2.24, 2.45) is 0 Å². The number of nitrogens with zero attached hydrogens (tertiary/aromatic N) is 3. The van der Waals surface area contributed by atoms with E-state index in [2.05, 4.69) is 10.2 Å². The fraction of sp³-hybridized carbons (Fsp3) is 0.300. The number of fused-ring (bicyclic) bond motifs is 1. The highest BCUT2D eigenvalue weighted by atomic mass is 32.2. The first-order chi connectivity index (χ1) is 13.7. The third kappa shape index (κ3) is 3.33. The topological polar surface area (TPSA) is 75.2 Å². The Morgan fingerprint density at radius 2 is 2.00 bits per heavy atom. The zero-order chi connectivity index (χ0) is 19.1. The molecule has 0 radical (unpaired) electrons. The van der Waals surface area contributed by atoms with Crippen molar-refractivity contribution in [1.29, 1.82) is 0 Å². The zero-order valence-electron chi connectivity index (χ0n) is 15.0. The van der Waals surface area contributed by atoms with Gasteiger partial charge in [0.25, 0.3) is 0 Å². The quantitative estimate of drug-likeness (QED) is 0.519. The summed E-state index contributed by atoms with van der Waals surface area (Å²) in [5.74, 6) is 8.18.